The highest BCUT2D eigenvalue weighted by Gasteiger charge is 2.56. The highest BCUT2D eigenvalue weighted by atomic mass is 16.7. The molecule has 2 atom stereocenters. The summed E-state index contributed by atoms with van der Waals surface area (Å²) in [6, 6.07) is 0. The Morgan fingerprint density at radius 1 is 1.70 bits per heavy atom. The van der Waals surface area contributed by atoms with E-state index in [1.165, 1.54) is 0 Å². The minimum Gasteiger partial charge on any atom is -0.444 e. The van der Waals surface area contributed by atoms with E-state index in [0.29, 0.717) is 5.92 Å². The first-order valence-corrected chi connectivity index (χ1v) is 3.84. The average Bonchev–Trinajstić information content (AvgIpc) is 2.43. The average molecular weight is 142 g/mol. The van der Waals surface area contributed by atoms with Crippen LogP contribution in [0.4, 0.5) is 0 Å². The van der Waals surface area contributed by atoms with Gasteiger partial charge in [-0.2, -0.15) is 0 Å². The van der Waals surface area contributed by atoms with Crippen LogP contribution in [0.5, 0.6) is 0 Å². The Kier molecular flexibility index (Phi) is 1.71. The van der Waals surface area contributed by atoms with Gasteiger partial charge in [0.25, 0.3) is 0 Å². The second kappa shape index (κ2) is 2.26. The quantitative estimate of drug-likeness (QED) is 0.562. The van der Waals surface area contributed by atoms with Crippen molar-refractivity contribution in [3.8, 4) is 0 Å². The van der Waals surface area contributed by atoms with Gasteiger partial charge in [-0.05, 0) is 13.3 Å². The summed E-state index contributed by atoms with van der Waals surface area (Å²) >= 11 is 0. The third kappa shape index (κ3) is 1.02. The highest BCUT2D eigenvalue weighted by Crippen LogP contribution is 2.38. The first-order valence-electron chi connectivity index (χ1n) is 3.84. The maximum Gasteiger partial charge on any atom is 0.351 e. The lowest BCUT2D eigenvalue weighted by molar-refractivity contribution is -0.117. The number of hydrogen-bond acceptors (Lipinski definition) is 2. The van der Waals surface area contributed by atoms with Gasteiger partial charge in [0.15, 0.2) is 0 Å². The van der Waals surface area contributed by atoms with Crippen LogP contribution in [0.25, 0.3) is 0 Å². The fraction of sp³-hybridized carbons (Fsp3) is 0.875. The lowest BCUT2D eigenvalue weighted by atomic mass is 9.92. The summed E-state index contributed by atoms with van der Waals surface area (Å²) in [5.74, 6) is 0.346. The van der Waals surface area contributed by atoms with Crippen molar-refractivity contribution in [3.05, 3.63) is 0 Å². The van der Waals surface area contributed by atoms with E-state index in [1.807, 2.05) is 6.92 Å². The molecule has 0 aliphatic carbocycles. The predicted molar refractivity (Wildman–Crippen MR) is 38.6 cm³/mol. The second-order valence-electron chi connectivity index (χ2n) is 3.19. The fourth-order valence-corrected chi connectivity index (χ4v) is 1.18. The van der Waals surface area contributed by atoms with Gasteiger partial charge in [-0.1, -0.05) is 20.3 Å². The van der Waals surface area contributed by atoms with Crippen molar-refractivity contribution >= 4 is 5.97 Å². The molecule has 0 spiro atoms. The lowest BCUT2D eigenvalue weighted by Crippen LogP contribution is -2.18. The van der Waals surface area contributed by atoms with Gasteiger partial charge in [0, 0.05) is 5.92 Å². The van der Waals surface area contributed by atoms with Gasteiger partial charge in [-0.25, -0.2) is 4.79 Å². The van der Waals surface area contributed by atoms with Crippen molar-refractivity contribution in [3.63, 3.8) is 0 Å². The van der Waals surface area contributed by atoms with Gasteiger partial charge in [-0.3, -0.25) is 0 Å². The number of carbonyl (C=O) groups is 1. The molecule has 0 aromatic carbocycles. The standard InChI is InChI=1S/C8H14O2/c1-4-5-6(2)8(3)7(9)10-8/h6H,4-5H2,1-3H3. The molecular weight excluding hydrogens is 128 g/mol. The molecule has 1 rings (SSSR count). The van der Waals surface area contributed by atoms with Crippen LogP contribution in [0.1, 0.15) is 33.6 Å². The van der Waals surface area contributed by atoms with Crippen molar-refractivity contribution in [1.29, 1.82) is 0 Å². The first kappa shape index (κ1) is 7.58. The second-order valence-corrected chi connectivity index (χ2v) is 3.19. The van der Waals surface area contributed by atoms with E-state index in [-0.39, 0.29) is 5.97 Å². The van der Waals surface area contributed by atoms with Crippen LogP contribution in [0.2, 0.25) is 0 Å². The number of ether oxygens (including phenoxy) is 1. The molecule has 1 fully saturated rings. The molecule has 1 aliphatic heterocycles. The van der Waals surface area contributed by atoms with E-state index in [0.717, 1.165) is 12.8 Å². The van der Waals surface area contributed by atoms with Crippen molar-refractivity contribution in [2.75, 3.05) is 0 Å². The van der Waals surface area contributed by atoms with E-state index in [1.54, 1.807) is 0 Å². The van der Waals surface area contributed by atoms with Gasteiger partial charge in [0.1, 0.15) is 0 Å². The van der Waals surface area contributed by atoms with Crippen LogP contribution in [-0.4, -0.2) is 11.6 Å². The van der Waals surface area contributed by atoms with Gasteiger partial charge >= 0.3 is 5.97 Å². The molecule has 2 nitrogen and oxygen atoms in total. The van der Waals surface area contributed by atoms with E-state index < -0.39 is 5.60 Å². The maximum absolute atomic E-state index is 10.7. The Hall–Kier alpha value is -0.530. The molecule has 2 unspecified atom stereocenters. The third-order valence-corrected chi connectivity index (χ3v) is 2.33. The van der Waals surface area contributed by atoms with Crippen LogP contribution >= 0.6 is 0 Å². The van der Waals surface area contributed by atoms with Crippen molar-refractivity contribution in [2.24, 2.45) is 5.92 Å². The molecule has 0 aromatic heterocycles. The summed E-state index contributed by atoms with van der Waals surface area (Å²) in [6.07, 6.45) is 2.19. The topological polar surface area (TPSA) is 29.6 Å². The summed E-state index contributed by atoms with van der Waals surface area (Å²) in [5.41, 5.74) is -0.421. The molecule has 0 radical (unpaired) electrons. The molecule has 0 N–H and O–H groups in total. The van der Waals surface area contributed by atoms with E-state index in [2.05, 4.69) is 13.8 Å². The Labute approximate surface area is 61.6 Å². The summed E-state index contributed by atoms with van der Waals surface area (Å²) in [6.45, 7) is 6.05. The molecule has 1 saturated heterocycles. The molecule has 1 heterocycles. The van der Waals surface area contributed by atoms with E-state index >= 15 is 0 Å². The highest BCUT2D eigenvalue weighted by molar-refractivity contribution is 5.92. The first-order chi connectivity index (χ1) is 4.61. The van der Waals surface area contributed by atoms with Crippen LogP contribution in [0.3, 0.4) is 0 Å². The zero-order valence-electron chi connectivity index (χ0n) is 6.81. The molecule has 10 heavy (non-hydrogen) atoms. The van der Waals surface area contributed by atoms with Gasteiger partial charge in [0.05, 0.1) is 0 Å². The number of rotatable bonds is 3. The third-order valence-electron chi connectivity index (χ3n) is 2.33. The van der Waals surface area contributed by atoms with Crippen molar-refractivity contribution in [1.82, 2.24) is 0 Å². The monoisotopic (exact) mass is 142 g/mol. The van der Waals surface area contributed by atoms with Crippen LogP contribution in [-0.2, 0) is 9.53 Å². The molecule has 0 amide bonds. The maximum atomic E-state index is 10.7. The van der Waals surface area contributed by atoms with Gasteiger partial charge in [-0.15, -0.1) is 0 Å². The Balaban J connectivity index is 2.42. The molecule has 2 heteroatoms. The van der Waals surface area contributed by atoms with Gasteiger partial charge < -0.3 is 4.74 Å². The Morgan fingerprint density at radius 3 is 2.50 bits per heavy atom. The summed E-state index contributed by atoms with van der Waals surface area (Å²) < 4.78 is 4.88. The zero-order chi connectivity index (χ0) is 7.78. The molecule has 0 aromatic rings. The number of cyclic esters (lactones) is 1. The summed E-state index contributed by atoms with van der Waals surface area (Å²) in [5, 5.41) is 0. The van der Waals surface area contributed by atoms with Crippen LogP contribution < -0.4 is 0 Å². The molecule has 0 bridgehead atoms. The van der Waals surface area contributed by atoms with Crippen molar-refractivity contribution < 1.29 is 9.53 Å². The Bertz CT molecular complexity index is 153. The molecule has 58 valence electrons. The SMILES string of the molecule is CCCC(C)C1(C)OC1=O. The lowest BCUT2D eigenvalue weighted by Gasteiger charge is -2.09. The van der Waals surface area contributed by atoms with E-state index in [9.17, 15) is 4.79 Å². The largest absolute Gasteiger partial charge is 0.444 e. The summed E-state index contributed by atoms with van der Waals surface area (Å²) in [4.78, 5) is 10.7. The minimum atomic E-state index is -0.421. The van der Waals surface area contributed by atoms with E-state index in [4.69, 9.17) is 4.74 Å². The van der Waals surface area contributed by atoms with Crippen LogP contribution in [0, 0.1) is 5.92 Å². The molecule has 1 aliphatic rings. The smallest absolute Gasteiger partial charge is 0.351 e. The fourth-order valence-electron chi connectivity index (χ4n) is 1.18. The molecular formula is C8H14O2. The number of epoxide rings is 1. The predicted octanol–water partition coefficient (Wildman–Crippen LogP) is 1.74. The van der Waals surface area contributed by atoms with Crippen LogP contribution in [0.15, 0.2) is 0 Å². The number of hydrogen-bond donors (Lipinski definition) is 0. The zero-order valence-corrected chi connectivity index (χ0v) is 6.81. The number of carbonyl (C=O) groups excluding carboxylic acids is 1. The normalized spacial score (nSPS) is 33.3. The summed E-state index contributed by atoms with van der Waals surface area (Å²) in [7, 11) is 0. The molecule has 0 saturated carbocycles. The minimum absolute atomic E-state index is 0.0338. The van der Waals surface area contributed by atoms with Gasteiger partial charge in [0.2, 0.25) is 5.60 Å². The van der Waals surface area contributed by atoms with Crippen molar-refractivity contribution in [2.45, 2.75) is 39.2 Å². The Morgan fingerprint density at radius 2 is 2.20 bits per heavy atom.